The van der Waals surface area contributed by atoms with Crippen LogP contribution in [0.5, 0.6) is 0 Å². The Morgan fingerprint density at radius 3 is 1.05 bits per heavy atom. The van der Waals surface area contributed by atoms with Crippen molar-refractivity contribution in [1.82, 2.24) is 0 Å². The van der Waals surface area contributed by atoms with Crippen LogP contribution < -0.4 is 0 Å². The van der Waals surface area contributed by atoms with Gasteiger partial charge in [0.05, 0.1) is 19.8 Å². The summed E-state index contributed by atoms with van der Waals surface area (Å²) in [5, 5.41) is 9.83. The first-order chi connectivity index (χ1) is 37.2. The van der Waals surface area contributed by atoms with Gasteiger partial charge in [0.15, 0.2) is 6.10 Å². The minimum absolute atomic E-state index is 0.147. The number of rotatable bonds is 56. The number of phosphoric ester groups is 1. The van der Waals surface area contributed by atoms with E-state index in [9.17, 15) is 28.9 Å². The third kappa shape index (κ3) is 55.4. The van der Waals surface area contributed by atoms with Crippen molar-refractivity contribution in [2.24, 2.45) is 0 Å². The number of unbranched alkanes of at least 4 members (excludes halogenated alkanes) is 25. The largest absolute Gasteiger partial charge is 0.472 e. The molecule has 0 aliphatic heterocycles. The van der Waals surface area contributed by atoms with E-state index in [4.69, 9.17) is 23.3 Å². The normalized spacial score (nSPS) is 13.9. The summed E-state index contributed by atoms with van der Waals surface area (Å²) in [5.41, 5.74) is 0. The Balaban J connectivity index is 4.76. The number of allylic oxidation sites excluding steroid dienone is 14. The Kier molecular flexibility index (Phi) is 55.3. The standard InChI is InChI=1S/C64H111O11P/c1-4-7-10-13-16-19-22-25-27-29-30-32-34-37-40-43-46-49-52-55-64(68)75-61(57-71-62(66)53-50-47-44-41-38-36-33-31-28-26-23-20-17-14-11-8-5-2)59-73-76(69,70)72-58-60(56-65)74-63(67)54-51-48-45-42-39-35-24-21-18-15-12-9-6-3/h7-8,10-11,16-17,19-20,25-28,30,32,60-61,65H,4-6,9,12-15,18,21-24,29,31,33-59H2,1-3H3,(H,69,70)/b10-7-,11-8-,19-16-,20-17-,27-25-,28-26-,32-30-. The van der Waals surface area contributed by atoms with Crippen LogP contribution in [0.2, 0.25) is 0 Å². The van der Waals surface area contributed by atoms with Gasteiger partial charge in [0, 0.05) is 19.3 Å². The van der Waals surface area contributed by atoms with E-state index in [0.717, 1.165) is 135 Å². The number of aliphatic hydroxyl groups is 1. The lowest BCUT2D eigenvalue weighted by Crippen LogP contribution is -2.30. The van der Waals surface area contributed by atoms with Gasteiger partial charge in [0.25, 0.3) is 0 Å². The highest BCUT2D eigenvalue weighted by Gasteiger charge is 2.28. The van der Waals surface area contributed by atoms with E-state index < -0.39 is 57.8 Å². The van der Waals surface area contributed by atoms with Crippen LogP contribution in [-0.2, 0) is 42.2 Å². The Morgan fingerprint density at radius 1 is 0.382 bits per heavy atom. The average Bonchev–Trinajstić information content (AvgIpc) is 3.41. The smallest absolute Gasteiger partial charge is 0.462 e. The number of carbonyl (C=O) groups excluding carboxylic acids is 3. The summed E-state index contributed by atoms with van der Waals surface area (Å²) in [6, 6.07) is 0. The monoisotopic (exact) mass is 1090 g/mol. The average molecular weight is 1090 g/mol. The van der Waals surface area contributed by atoms with Gasteiger partial charge >= 0.3 is 25.7 Å². The highest BCUT2D eigenvalue weighted by Crippen LogP contribution is 2.43. The van der Waals surface area contributed by atoms with Gasteiger partial charge in [-0.1, -0.05) is 241 Å². The Hall–Kier alpha value is -3.34. The van der Waals surface area contributed by atoms with Gasteiger partial charge in [-0.2, -0.15) is 0 Å². The SMILES string of the molecule is CC/C=C\C/C=C\C/C=C\C/C=C\CCCCCCCCC(=O)OC(COC(=O)CCCCCCCCC/C=C\C/C=C\C/C=C\CC)COP(=O)(O)OCC(CO)OC(=O)CCCCCCCCCCCCCCC. The fourth-order valence-corrected chi connectivity index (χ4v) is 9.03. The summed E-state index contributed by atoms with van der Waals surface area (Å²) in [7, 11) is -4.76. The molecule has 0 aliphatic rings. The third-order valence-corrected chi connectivity index (χ3v) is 13.8. The predicted octanol–water partition coefficient (Wildman–Crippen LogP) is 18.3. The fourth-order valence-electron chi connectivity index (χ4n) is 8.25. The molecule has 0 aromatic carbocycles. The quantitative estimate of drug-likeness (QED) is 0.0197. The van der Waals surface area contributed by atoms with Gasteiger partial charge in [0.1, 0.15) is 12.7 Å². The number of ether oxygens (including phenoxy) is 3. The second-order valence-corrected chi connectivity index (χ2v) is 21.6. The Labute approximate surface area is 464 Å². The minimum Gasteiger partial charge on any atom is -0.462 e. The Bertz CT molecular complexity index is 1600. The molecule has 438 valence electrons. The van der Waals surface area contributed by atoms with Crippen LogP contribution in [0.3, 0.4) is 0 Å². The van der Waals surface area contributed by atoms with E-state index in [1.807, 2.05) is 0 Å². The van der Waals surface area contributed by atoms with Gasteiger partial charge in [-0.15, -0.1) is 0 Å². The summed E-state index contributed by atoms with van der Waals surface area (Å²) in [4.78, 5) is 48.6. The molecule has 11 nitrogen and oxygen atoms in total. The van der Waals surface area contributed by atoms with E-state index in [0.29, 0.717) is 19.3 Å². The number of hydrogen-bond acceptors (Lipinski definition) is 10. The minimum atomic E-state index is -4.76. The van der Waals surface area contributed by atoms with Crippen LogP contribution in [-0.4, -0.2) is 66.5 Å². The second kappa shape index (κ2) is 57.8. The first-order valence-electron chi connectivity index (χ1n) is 30.5. The molecule has 0 aromatic heterocycles. The third-order valence-electron chi connectivity index (χ3n) is 12.8. The molecule has 12 heteroatoms. The summed E-state index contributed by atoms with van der Waals surface area (Å²) >= 11 is 0. The molecule has 0 saturated carbocycles. The Morgan fingerprint density at radius 2 is 0.684 bits per heavy atom. The molecule has 3 atom stereocenters. The van der Waals surface area contributed by atoms with Crippen LogP contribution in [0.15, 0.2) is 85.1 Å². The predicted molar refractivity (Wildman–Crippen MR) is 316 cm³/mol. The van der Waals surface area contributed by atoms with Crippen molar-refractivity contribution < 1.29 is 52.2 Å². The van der Waals surface area contributed by atoms with Gasteiger partial charge < -0.3 is 24.2 Å². The molecule has 0 spiro atoms. The first kappa shape index (κ1) is 72.7. The summed E-state index contributed by atoms with van der Waals surface area (Å²) < 4.78 is 39.6. The molecule has 0 fully saturated rings. The lowest BCUT2D eigenvalue weighted by atomic mass is 10.0. The van der Waals surface area contributed by atoms with Crippen LogP contribution in [0.25, 0.3) is 0 Å². The lowest BCUT2D eigenvalue weighted by molar-refractivity contribution is -0.161. The molecule has 76 heavy (non-hydrogen) atoms. The van der Waals surface area contributed by atoms with Crippen molar-refractivity contribution in [3.63, 3.8) is 0 Å². The van der Waals surface area contributed by atoms with Gasteiger partial charge in [-0.3, -0.25) is 23.4 Å². The van der Waals surface area contributed by atoms with Crippen LogP contribution in [0.1, 0.15) is 265 Å². The summed E-state index contributed by atoms with van der Waals surface area (Å²) in [5.74, 6) is -1.49. The summed E-state index contributed by atoms with van der Waals surface area (Å²) in [6.45, 7) is 4.42. The van der Waals surface area contributed by atoms with E-state index in [2.05, 4.69) is 106 Å². The number of carbonyl (C=O) groups is 3. The lowest BCUT2D eigenvalue weighted by Gasteiger charge is -2.21. The van der Waals surface area contributed by atoms with E-state index >= 15 is 0 Å². The van der Waals surface area contributed by atoms with Crippen molar-refractivity contribution in [2.75, 3.05) is 26.4 Å². The van der Waals surface area contributed by atoms with E-state index in [1.54, 1.807) is 0 Å². The molecule has 0 radical (unpaired) electrons. The number of aliphatic hydroxyl groups excluding tert-OH is 1. The van der Waals surface area contributed by atoms with Crippen molar-refractivity contribution in [1.29, 1.82) is 0 Å². The van der Waals surface area contributed by atoms with Crippen LogP contribution in [0.4, 0.5) is 0 Å². The maximum absolute atomic E-state index is 12.9. The maximum Gasteiger partial charge on any atom is 0.472 e. The summed E-state index contributed by atoms with van der Waals surface area (Å²) in [6.07, 6.45) is 66.7. The van der Waals surface area contributed by atoms with Crippen LogP contribution >= 0.6 is 7.82 Å². The van der Waals surface area contributed by atoms with Crippen molar-refractivity contribution in [2.45, 2.75) is 277 Å². The van der Waals surface area contributed by atoms with E-state index in [1.165, 1.54) is 70.6 Å². The number of hydrogen-bond donors (Lipinski definition) is 2. The maximum atomic E-state index is 12.9. The molecule has 0 aromatic rings. The molecule has 2 N–H and O–H groups in total. The first-order valence-corrected chi connectivity index (χ1v) is 32.0. The number of esters is 3. The molecular formula is C64H111O11P. The molecular weight excluding hydrogens is 976 g/mol. The van der Waals surface area contributed by atoms with Crippen molar-refractivity contribution >= 4 is 25.7 Å². The van der Waals surface area contributed by atoms with Crippen molar-refractivity contribution in [3.05, 3.63) is 85.1 Å². The zero-order chi connectivity index (χ0) is 55.5. The van der Waals surface area contributed by atoms with Crippen LogP contribution in [0, 0.1) is 0 Å². The molecule has 0 rings (SSSR count). The molecule has 0 bridgehead atoms. The molecule has 3 unspecified atom stereocenters. The zero-order valence-electron chi connectivity index (χ0n) is 48.5. The van der Waals surface area contributed by atoms with Gasteiger partial charge in [0.2, 0.25) is 0 Å². The van der Waals surface area contributed by atoms with Gasteiger partial charge in [-0.05, 0) is 89.9 Å². The second-order valence-electron chi connectivity index (χ2n) is 20.1. The molecule has 0 aliphatic carbocycles. The van der Waals surface area contributed by atoms with E-state index in [-0.39, 0.29) is 25.9 Å². The number of phosphoric acid groups is 1. The molecule has 0 heterocycles. The van der Waals surface area contributed by atoms with Gasteiger partial charge in [-0.25, -0.2) is 4.57 Å². The molecule has 0 amide bonds. The topological polar surface area (TPSA) is 155 Å². The zero-order valence-corrected chi connectivity index (χ0v) is 49.3. The highest BCUT2D eigenvalue weighted by atomic mass is 31.2. The molecule has 0 saturated heterocycles. The fraction of sp³-hybridized carbons (Fsp3) is 0.734. The highest BCUT2D eigenvalue weighted by molar-refractivity contribution is 7.47. The van der Waals surface area contributed by atoms with Crippen molar-refractivity contribution in [3.8, 4) is 0 Å².